The van der Waals surface area contributed by atoms with Gasteiger partial charge < -0.3 is 14.5 Å². The lowest BCUT2D eigenvalue weighted by Gasteiger charge is -2.55. The number of carbonyl (C=O) groups excluding carboxylic acids is 2. The molecule has 2 saturated heterocycles. The summed E-state index contributed by atoms with van der Waals surface area (Å²) in [7, 11) is 2.86. The monoisotopic (exact) mass is 708 g/mol. The molecule has 2 fully saturated rings. The maximum absolute atomic E-state index is 14.4. The maximum Gasteiger partial charge on any atom is 0.327 e. The van der Waals surface area contributed by atoms with E-state index in [2.05, 4.69) is 26.2 Å². The number of methoxy groups -OCH3 is 2. The molecule has 2 N–H and O–H groups in total. The summed E-state index contributed by atoms with van der Waals surface area (Å²) in [5.74, 6) is -1.20. The number of carbonyl (C=O) groups is 2. The molecule has 48 heavy (non-hydrogen) atoms. The minimum absolute atomic E-state index is 0.0115. The van der Waals surface area contributed by atoms with Gasteiger partial charge in [-0.25, -0.2) is 0 Å². The Labute approximate surface area is 285 Å². The van der Waals surface area contributed by atoms with Gasteiger partial charge in [-0.05, 0) is 59.2 Å². The number of esters is 1. The molecular weight excluding hydrogens is 676 g/mol. The minimum Gasteiger partial charge on any atom is -0.497 e. The maximum atomic E-state index is 14.4. The Kier molecular flexibility index (Phi) is 8.04. The highest BCUT2D eigenvalue weighted by atomic mass is 79.9. The lowest BCUT2D eigenvalue weighted by Crippen LogP contribution is -2.73. The highest BCUT2D eigenvalue weighted by Crippen LogP contribution is 2.55. The number of nitrogens with zero attached hydrogens (tertiary/aromatic N) is 2. The smallest absolute Gasteiger partial charge is 0.327 e. The van der Waals surface area contributed by atoms with Crippen LogP contribution in [0.2, 0.25) is 0 Å². The number of halogens is 1. The van der Waals surface area contributed by atoms with Crippen LogP contribution in [0.4, 0.5) is 5.69 Å². The predicted octanol–water partition coefficient (Wildman–Crippen LogP) is 6.13. The number of benzene rings is 4. The summed E-state index contributed by atoms with van der Waals surface area (Å²) < 4.78 is 11.7. The molecule has 4 aromatic carbocycles. The number of nitrogens with one attached hydrogen (secondary N) is 2. The van der Waals surface area contributed by atoms with Gasteiger partial charge in [-0.15, -0.1) is 0 Å². The van der Waals surface area contributed by atoms with Crippen LogP contribution >= 0.6 is 15.9 Å². The molecule has 1 amide bonds. The summed E-state index contributed by atoms with van der Waals surface area (Å²) in [6.07, 6.45) is 1.92. The van der Waals surface area contributed by atoms with Crippen LogP contribution in [0.25, 0.3) is 10.9 Å². The number of aromatic amines is 1. The van der Waals surface area contributed by atoms with E-state index in [1.54, 1.807) is 36.3 Å². The van der Waals surface area contributed by atoms with E-state index in [0.29, 0.717) is 22.6 Å². The van der Waals surface area contributed by atoms with Crippen molar-refractivity contribution >= 4 is 44.4 Å². The van der Waals surface area contributed by atoms with Crippen molar-refractivity contribution in [3.63, 3.8) is 0 Å². The largest absolute Gasteiger partial charge is 0.497 e. The Bertz CT molecular complexity index is 2000. The number of β-lactam (4-membered cyclic amide) rings is 1. The Balaban J connectivity index is 1.48. The second-order valence-electron chi connectivity index (χ2n) is 12.3. The second-order valence-corrected chi connectivity index (χ2v) is 13.2. The molecule has 0 bridgehead atoms. The Morgan fingerprint density at radius 2 is 1.67 bits per heavy atom. The summed E-state index contributed by atoms with van der Waals surface area (Å²) in [4.78, 5) is 46.3. The molecule has 10 nitrogen and oxygen atoms in total. The van der Waals surface area contributed by atoms with E-state index in [0.717, 1.165) is 20.9 Å². The van der Waals surface area contributed by atoms with Crippen molar-refractivity contribution in [1.29, 1.82) is 0 Å². The van der Waals surface area contributed by atoms with E-state index in [4.69, 9.17) is 9.47 Å². The van der Waals surface area contributed by atoms with Gasteiger partial charge >= 0.3 is 5.97 Å². The van der Waals surface area contributed by atoms with Crippen molar-refractivity contribution in [3.8, 4) is 5.75 Å². The SMILES string of the molecule is COC(=O)C1(Cc2c[nH]c3ccccc23)NC(C2(c3ccccc3)CC(=O)N2c2ccc(OC)cc2)C([N+](=O)[O-])C1c1ccc(Br)cc1. The first-order valence-electron chi connectivity index (χ1n) is 15.6. The summed E-state index contributed by atoms with van der Waals surface area (Å²) in [5.41, 5.74) is 0.739. The third kappa shape index (κ3) is 4.88. The topological polar surface area (TPSA) is 127 Å². The second kappa shape index (κ2) is 12.2. The molecule has 0 aliphatic carbocycles. The predicted molar refractivity (Wildman–Crippen MR) is 185 cm³/mol. The number of aromatic nitrogens is 1. The third-order valence-electron chi connectivity index (χ3n) is 9.98. The number of amides is 1. The van der Waals surface area contributed by atoms with E-state index in [9.17, 15) is 19.7 Å². The van der Waals surface area contributed by atoms with Gasteiger partial charge in [0.25, 0.3) is 0 Å². The third-order valence-corrected chi connectivity index (χ3v) is 10.5. The molecule has 0 radical (unpaired) electrons. The summed E-state index contributed by atoms with van der Waals surface area (Å²) >= 11 is 3.49. The first kappa shape index (κ1) is 31.6. The number of hydrogen-bond donors (Lipinski definition) is 2. The number of fused-ring (bicyclic) bond motifs is 1. The lowest BCUT2D eigenvalue weighted by atomic mass is 9.67. The van der Waals surface area contributed by atoms with E-state index >= 15 is 0 Å². The van der Waals surface area contributed by atoms with Crippen LogP contribution in [-0.4, -0.2) is 53.6 Å². The molecule has 2 aliphatic heterocycles. The highest BCUT2D eigenvalue weighted by molar-refractivity contribution is 9.10. The van der Waals surface area contributed by atoms with E-state index in [-0.39, 0.29) is 23.7 Å². The Morgan fingerprint density at radius 3 is 2.31 bits per heavy atom. The van der Waals surface area contributed by atoms with Crippen molar-refractivity contribution < 1.29 is 24.0 Å². The van der Waals surface area contributed by atoms with Gasteiger partial charge in [0.2, 0.25) is 11.9 Å². The first-order valence-corrected chi connectivity index (χ1v) is 16.4. The van der Waals surface area contributed by atoms with E-state index in [1.165, 1.54) is 7.11 Å². The molecule has 5 atom stereocenters. The molecule has 2 aliphatic rings. The van der Waals surface area contributed by atoms with Crippen LogP contribution in [0.3, 0.4) is 0 Å². The molecule has 11 heteroatoms. The standard InChI is InChI=1S/C37H33BrN4O6/c1-47-28-18-16-27(17-19-28)41-31(43)21-37(41,25-8-4-3-5-9-25)34-33(42(45)46)32(23-12-14-26(38)15-13-23)36(40-34,35(44)48-2)20-24-22-39-30-11-7-6-10-29(24)30/h3-19,22,32-34,39-40H,20-21H2,1-2H3. The number of nitro groups is 1. The zero-order valence-electron chi connectivity index (χ0n) is 26.3. The van der Waals surface area contributed by atoms with Crippen molar-refractivity contribution in [2.45, 2.75) is 41.9 Å². The minimum atomic E-state index is -1.60. The van der Waals surface area contributed by atoms with E-state index < -0.39 is 35.0 Å². The zero-order valence-corrected chi connectivity index (χ0v) is 27.8. The molecule has 5 aromatic rings. The molecule has 244 valence electrons. The molecule has 3 heterocycles. The van der Waals surface area contributed by atoms with Crippen LogP contribution in [0.15, 0.2) is 114 Å². The van der Waals surface area contributed by atoms with Crippen molar-refractivity contribution in [2.24, 2.45) is 0 Å². The van der Waals surface area contributed by atoms with Crippen LogP contribution in [0, 0.1) is 10.1 Å². The lowest BCUT2D eigenvalue weighted by molar-refractivity contribution is -0.529. The fraction of sp³-hybridized carbons (Fsp3) is 0.243. The molecule has 7 rings (SSSR count). The van der Waals surface area contributed by atoms with Gasteiger partial charge in [-0.2, -0.15) is 0 Å². The normalized spacial score (nSPS) is 25.1. The molecule has 0 spiro atoms. The number of H-pyrrole nitrogens is 1. The number of hydrogen-bond acceptors (Lipinski definition) is 7. The first-order chi connectivity index (χ1) is 23.2. The Hall–Kier alpha value is -5.00. The van der Waals surface area contributed by atoms with Crippen LogP contribution < -0.4 is 15.0 Å². The van der Waals surface area contributed by atoms with Gasteiger partial charge in [-0.3, -0.25) is 29.9 Å². The highest BCUT2D eigenvalue weighted by Gasteiger charge is 2.72. The van der Waals surface area contributed by atoms with Gasteiger partial charge in [0.1, 0.15) is 22.9 Å². The van der Waals surface area contributed by atoms with Gasteiger partial charge in [-0.1, -0.05) is 76.6 Å². The summed E-state index contributed by atoms with van der Waals surface area (Å²) in [6, 6.07) is 29.0. The average molecular weight is 710 g/mol. The molecule has 0 saturated carbocycles. The fourth-order valence-corrected chi connectivity index (χ4v) is 8.19. The number of rotatable bonds is 9. The summed E-state index contributed by atoms with van der Waals surface area (Å²) in [6.45, 7) is 0. The van der Waals surface area contributed by atoms with Gasteiger partial charge in [0.15, 0.2) is 0 Å². The number of anilines is 1. The van der Waals surface area contributed by atoms with Gasteiger partial charge in [0.05, 0.1) is 26.6 Å². The molecule has 5 unspecified atom stereocenters. The fourth-order valence-electron chi connectivity index (χ4n) is 7.93. The molecule has 1 aromatic heterocycles. The van der Waals surface area contributed by atoms with E-state index in [1.807, 2.05) is 85.1 Å². The van der Waals surface area contributed by atoms with Crippen LogP contribution in [0.1, 0.15) is 29.0 Å². The van der Waals surface area contributed by atoms with Gasteiger partial charge in [0, 0.05) is 38.6 Å². The Morgan fingerprint density at radius 1 is 0.979 bits per heavy atom. The van der Waals surface area contributed by atoms with Crippen molar-refractivity contribution in [1.82, 2.24) is 10.3 Å². The van der Waals surface area contributed by atoms with Crippen LogP contribution in [-0.2, 0) is 26.3 Å². The number of para-hydroxylation sites is 1. The van der Waals surface area contributed by atoms with Crippen molar-refractivity contribution in [2.75, 3.05) is 19.1 Å². The van der Waals surface area contributed by atoms with Crippen LogP contribution in [0.5, 0.6) is 5.75 Å². The summed E-state index contributed by atoms with van der Waals surface area (Å²) in [5, 5.41) is 18.1. The molecular formula is C37H33BrN4O6. The quantitative estimate of drug-likeness (QED) is 0.0817. The average Bonchev–Trinajstić information content (AvgIpc) is 3.67. The number of ether oxygens (including phenoxy) is 2. The zero-order chi connectivity index (χ0) is 33.6. The van der Waals surface area contributed by atoms with Crippen molar-refractivity contribution in [3.05, 3.63) is 141 Å².